The van der Waals surface area contributed by atoms with Gasteiger partial charge in [-0.2, -0.15) is 5.10 Å². The zero-order valence-corrected chi connectivity index (χ0v) is 12.2. The minimum Gasteiger partial charge on any atom is -0.300 e. The quantitative estimate of drug-likeness (QED) is 0.903. The molecule has 2 unspecified atom stereocenters. The van der Waals surface area contributed by atoms with Gasteiger partial charge in [-0.15, -0.1) is 11.3 Å². The standard InChI is InChI=1S/C13H20N4S/c1-5-11-8-14-13(18-11)10(3)16-9(2)12-6-7-15-17(12)4/h6-10,16H,5H2,1-4H3. The Morgan fingerprint density at radius 1 is 1.39 bits per heavy atom. The summed E-state index contributed by atoms with van der Waals surface area (Å²) in [5.74, 6) is 0. The molecule has 0 spiro atoms. The van der Waals surface area contributed by atoms with E-state index in [-0.39, 0.29) is 12.1 Å². The zero-order chi connectivity index (χ0) is 13.1. The third-order valence-corrected chi connectivity index (χ3v) is 4.42. The van der Waals surface area contributed by atoms with Gasteiger partial charge in [0, 0.05) is 30.4 Å². The van der Waals surface area contributed by atoms with Gasteiger partial charge in [-0.05, 0) is 26.3 Å². The zero-order valence-electron chi connectivity index (χ0n) is 11.3. The molecule has 0 aliphatic carbocycles. The second kappa shape index (κ2) is 5.63. The van der Waals surface area contributed by atoms with Crippen LogP contribution >= 0.6 is 11.3 Å². The molecular weight excluding hydrogens is 244 g/mol. The van der Waals surface area contributed by atoms with Crippen molar-refractivity contribution in [2.45, 2.75) is 39.3 Å². The van der Waals surface area contributed by atoms with Crippen molar-refractivity contribution in [3.05, 3.63) is 34.0 Å². The van der Waals surface area contributed by atoms with E-state index in [0.717, 1.165) is 11.4 Å². The van der Waals surface area contributed by atoms with Crippen LogP contribution in [0.4, 0.5) is 0 Å². The minimum absolute atomic E-state index is 0.264. The average Bonchev–Trinajstić information content (AvgIpc) is 2.96. The fraction of sp³-hybridized carbons (Fsp3) is 0.538. The second-order valence-corrected chi connectivity index (χ2v) is 5.65. The lowest BCUT2D eigenvalue weighted by molar-refractivity contribution is 0.468. The van der Waals surface area contributed by atoms with Gasteiger partial charge in [-0.25, -0.2) is 4.98 Å². The van der Waals surface area contributed by atoms with Crippen LogP contribution < -0.4 is 5.32 Å². The molecule has 1 N–H and O–H groups in total. The summed E-state index contributed by atoms with van der Waals surface area (Å²) in [6, 6.07) is 2.57. The van der Waals surface area contributed by atoms with Gasteiger partial charge in [-0.3, -0.25) is 4.68 Å². The molecular formula is C13H20N4S. The SMILES string of the molecule is CCc1cnc(C(C)NC(C)c2ccnn2C)s1. The number of nitrogens with zero attached hydrogens (tertiary/aromatic N) is 3. The van der Waals surface area contributed by atoms with Crippen molar-refractivity contribution in [3.8, 4) is 0 Å². The predicted octanol–water partition coefficient (Wildman–Crippen LogP) is 2.85. The van der Waals surface area contributed by atoms with E-state index in [4.69, 9.17) is 0 Å². The topological polar surface area (TPSA) is 42.7 Å². The van der Waals surface area contributed by atoms with Gasteiger partial charge in [0.05, 0.1) is 11.7 Å². The maximum absolute atomic E-state index is 4.48. The van der Waals surface area contributed by atoms with Gasteiger partial charge in [0.1, 0.15) is 5.01 Å². The Kier molecular flexibility index (Phi) is 4.14. The van der Waals surface area contributed by atoms with Crippen molar-refractivity contribution in [1.82, 2.24) is 20.1 Å². The summed E-state index contributed by atoms with van der Waals surface area (Å²) < 4.78 is 1.91. The number of nitrogens with one attached hydrogen (secondary N) is 1. The van der Waals surface area contributed by atoms with E-state index < -0.39 is 0 Å². The van der Waals surface area contributed by atoms with Crippen molar-refractivity contribution < 1.29 is 0 Å². The van der Waals surface area contributed by atoms with E-state index in [2.05, 4.69) is 36.2 Å². The lowest BCUT2D eigenvalue weighted by atomic mass is 10.2. The van der Waals surface area contributed by atoms with Crippen molar-refractivity contribution in [2.75, 3.05) is 0 Å². The van der Waals surface area contributed by atoms with Crippen LogP contribution in [0.1, 0.15) is 48.4 Å². The number of thiazole rings is 1. The molecule has 0 aromatic carbocycles. The first-order valence-corrected chi connectivity index (χ1v) is 7.12. The molecule has 2 aromatic rings. The Balaban J connectivity index is 2.03. The van der Waals surface area contributed by atoms with E-state index in [1.54, 1.807) is 11.3 Å². The van der Waals surface area contributed by atoms with Gasteiger partial charge in [0.15, 0.2) is 0 Å². The van der Waals surface area contributed by atoms with Crippen LogP contribution in [0.2, 0.25) is 0 Å². The normalized spacial score (nSPS) is 14.7. The van der Waals surface area contributed by atoms with Crippen LogP contribution in [0.25, 0.3) is 0 Å². The monoisotopic (exact) mass is 264 g/mol. The highest BCUT2D eigenvalue weighted by Crippen LogP contribution is 2.23. The van der Waals surface area contributed by atoms with E-state index in [9.17, 15) is 0 Å². The first-order valence-electron chi connectivity index (χ1n) is 6.30. The van der Waals surface area contributed by atoms with Gasteiger partial charge in [0.25, 0.3) is 0 Å². The molecule has 0 saturated carbocycles. The Hall–Kier alpha value is -1.20. The highest BCUT2D eigenvalue weighted by atomic mass is 32.1. The summed E-state index contributed by atoms with van der Waals surface area (Å²) in [5.41, 5.74) is 1.19. The molecule has 2 heterocycles. The first-order chi connectivity index (χ1) is 8.61. The third-order valence-electron chi connectivity index (χ3n) is 3.09. The van der Waals surface area contributed by atoms with E-state index in [1.165, 1.54) is 10.6 Å². The molecule has 2 aromatic heterocycles. The fourth-order valence-electron chi connectivity index (χ4n) is 2.03. The Bertz CT molecular complexity index is 503. The van der Waals surface area contributed by atoms with Gasteiger partial charge < -0.3 is 5.32 Å². The highest BCUT2D eigenvalue weighted by molar-refractivity contribution is 7.11. The molecule has 5 heteroatoms. The Morgan fingerprint density at radius 3 is 2.72 bits per heavy atom. The van der Waals surface area contributed by atoms with Gasteiger partial charge in [-0.1, -0.05) is 6.92 Å². The third kappa shape index (κ3) is 2.79. The minimum atomic E-state index is 0.264. The Morgan fingerprint density at radius 2 is 2.17 bits per heavy atom. The van der Waals surface area contributed by atoms with E-state index in [1.807, 2.05) is 30.2 Å². The molecule has 0 aliphatic heterocycles. The van der Waals surface area contributed by atoms with Crippen LogP contribution in [0.5, 0.6) is 0 Å². The molecule has 0 amide bonds. The van der Waals surface area contributed by atoms with E-state index >= 15 is 0 Å². The summed E-state index contributed by atoms with van der Waals surface area (Å²) in [4.78, 5) is 5.82. The van der Waals surface area contributed by atoms with Crippen LogP contribution in [0.3, 0.4) is 0 Å². The molecule has 4 nitrogen and oxygen atoms in total. The summed E-state index contributed by atoms with van der Waals surface area (Å²) in [6.45, 7) is 6.47. The summed E-state index contributed by atoms with van der Waals surface area (Å²) in [6.07, 6.45) is 4.87. The highest BCUT2D eigenvalue weighted by Gasteiger charge is 2.15. The molecule has 98 valence electrons. The maximum Gasteiger partial charge on any atom is 0.109 e. The summed E-state index contributed by atoms with van der Waals surface area (Å²) >= 11 is 1.79. The van der Waals surface area contributed by atoms with Crippen LogP contribution in [-0.4, -0.2) is 14.8 Å². The number of hydrogen-bond acceptors (Lipinski definition) is 4. The fourth-order valence-corrected chi connectivity index (χ4v) is 2.90. The average molecular weight is 264 g/mol. The number of rotatable bonds is 5. The van der Waals surface area contributed by atoms with E-state index in [0.29, 0.717) is 0 Å². The van der Waals surface area contributed by atoms with Crippen LogP contribution in [0.15, 0.2) is 18.5 Å². The lowest BCUT2D eigenvalue weighted by Gasteiger charge is -2.18. The summed E-state index contributed by atoms with van der Waals surface area (Å²) in [7, 11) is 1.97. The largest absolute Gasteiger partial charge is 0.300 e. The molecule has 2 atom stereocenters. The van der Waals surface area contributed by atoms with Crippen molar-refractivity contribution in [2.24, 2.45) is 7.05 Å². The predicted molar refractivity (Wildman–Crippen MR) is 74.7 cm³/mol. The molecule has 0 radical (unpaired) electrons. The molecule has 0 aliphatic rings. The van der Waals surface area contributed by atoms with Gasteiger partial charge >= 0.3 is 0 Å². The molecule has 0 saturated heterocycles. The smallest absolute Gasteiger partial charge is 0.109 e. The van der Waals surface area contributed by atoms with Crippen molar-refractivity contribution in [1.29, 1.82) is 0 Å². The number of aryl methyl sites for hydroxylation is 2. The van der Waals surface area contributed by atoms with Crippen LogP contribution in [0, 0.1) is 0 Å². The second-order valence-electron chi connectivity index (χ2n) is 4.51. The molecule has 0 bridgehead atoms. The number of aromatic nitrogens is 3. The molecule has 18 heavy (non-hydrogen) atoms. The van der Waals surface area contributed by atoms with Crippen molar-refractivity contribution in [3.63, 3.8) is 0 Å². The summed E-state index contributed by atoms with van der Waals surface area (Å²) in [5, 5.41) is 8.92. The molecule has 0 fully saturated rings. The van der Waals surface area contributed by atoms with Gasteiger partial charge in [0.2, 0.25) is 0 Å². The number of hydrogen-bond donors (Lipinski definition) is 1. The van der Waals surface area contributed by atoms with Crippen LogP contribution in [-0.2, 0) is 13.5 Å². The maximum atomic E-state index is 4.48. The lowest BCUT2D eigenvalue weighted by Crippen LogP contribution is -2.24. The first kappa shape index (κ1) is 13.2. The Labute approximate surface area is 112 Å². The molecule has 2 rings (SSSR count). The van der Waals surface area contributed by atoms with Crippen molar-refractivity contribution >= 4 is 11.3 Å².